The molecule has 24 heavy (non-hydrogen) atoms. The summed E-state index contributed by atoms with van der Waals surface area (Å²) >= 11 is 9.65. The zero-order chi connectivity index (χ0) is 17.3. The number of hydrogen-bond acceptors (Lipinski definition) is 1. The second-order valence-electron chi connectivity index (χ2n) is 5.83. The van der Waals surface area contributed by atoms with E-state index in [-0.39, 0.29) is 0 Å². The highest BCUT2D eigenvalue weighted by Gasteiger charge is 2.09. The summed E-state index contributed by atoms with van der Waals surface area (Å²) in [6.07, 6.45) is 1.92. The van der Waals surface area contributed by atoms with Gasteiger partial charge in [-0.1, -0.05) is 33.6 Å². The van der Waals surface area contributed by atoms with Gasteiger partial charge in [-0.25, -0.2) is 0 Å². The van der Waals surface area contributed by atoms with E-state index in [1.54, 1.807) is 0 Å². The van der Waals surface area contributed by atoms with Crippen molar-refractivity contribution in [2.45, 2.75) is 20.8 Å². The number of aryl methyl sites for hydroxylation is 2. The third-order valence-electron chi connectivity index (χ3n) is 4.03. The maximum Gasteiger partial charge on any atom is 0.0633 e. The number of halogens is 2. The molecule has 0 saturated carbocycles. The van der Waals surface area contributed by atoms with Crippen LogP contribution in [0, 0.1) is 20.8 Å². The van der Waals surface area contributed by atoms with Gasteiger partial charge in [0.1, 0.15) is 0 Å². The summed E-state index contributed by atoms with van der Waals surface area (Å²) in [5.41, 5.74) is 6.59. The average Bonchev–Trinajstić information content (AvgIpc) is 2.82. The van der Waals surface area contributed by atoms with E-state index in [9.17, 15) is 0 Å². The van der Waals surface area contributed by atoms with E-state index >= 15 is 0 Å². The summed E-state index contributed by atoms with van der Waals surface area (Å²) in [7, 11) is 0. The van der Waals surface area contributed by atoms with Gasteiger partial charge in [0, 0.05) is 38.3 Å². The third-order valence-corrected chi connectivity index (χ3v) is 5.16. The van der Waals surface area contributed by atoms with Crippen molar-refractivity contribution in [1.82, 2.24) is 4.57 Å². The molecule has 0 aliphatic heterocycles. The molecule has 0 amide bonds. The van der Waals surface area contributed by atoms with E-state index < -0.39 is 0 Å². The molecule has 2 nitrogen and oxygen atoms in total. The summed E-state index contributed by atoms with van der Waals surface area (Å²) in [6.45, 7) is 6.26. The molecule has 0 N–H and O–H groups in total. The molecule has 0 spiro atoms. The lowest BCUT2D eigenvalue weighted by Crippen LogP contribution is -1.99. The van der Waals surface area contributed by atoms with Crippen molar-refractivity contribution >= 4 is 39.4 Å². The molecule has 0 radical (unpaired) electrons. The summed E-state index contributed by atoms with van der Waals surface area (Å²) in [4.78, 5) is 4.62. The number of rotatable bonds is 3. The van der Waals surface area contributed by atoms with E-state index in [4.69, 9.17) is 11.6 Å². The summed E-state index contributed by atoms with van der Waals surface area (Å²) < 4.78 is 3.29. The summed E-state index contributed by atoms with van der Waals surface area (Å²) in [5.74, 6) is 0. The van der Waals surface area contributed by atoms with Gasteiger partial charge < -0.3 is 4.57 Å². The molecule has 1 heterocycles. The first-order valence-electron chi connectivity index (χ1n) is 7.71. The van der Waals surface area contributed by atoms with Gasteiger partial charge in [0.2, 0.25) is 0 Å². The summed E-state index contributed by atoms with van der Waals surface area (Å²) in [6, 6.07) is 16.1. The fourth-order valence-corrected chi connectivity index (χ4v) is 3.22. The maximum atomic E-state index is 6.13. The van der Waals surface area contributed by atoms with Gasteiger partial charge in [-0.05, 0) is 68.8 Å². The predicted octanol–water partition coefficient (Wildman–Crippen LogP) is 6.57. The first kappa shape index (κ1) is 17.0. The van der Waals surface area contributed by atoms with Gasteiger partial charge in [-0.3, -0.25) is 4.99 Å². The monoisotopic (exact) mass is 400 g/mol. The summed E-state index contributed by atoms with van der Waals surface area (Å²) in [5, 5.41) is 0.737. The van der Waals surface area contributed by atoms with Gasteiger partial charge in [0.25, 0.3) is 0 Å². The van der Waals surface area contributed by atoms with Crippen LogP contribution in [0.15, 0.2) is 58.0 Å². The lowest BCUT2D eigenvalue weighted by atomic mass is 10.2. The predicted molar refractivity (Wildman–Crippen MR) is 106 cm³/mol. The molecule has 122 valence electrons. The van der Waals surface area contributed by atoms with Gasteiger partial charge >= 0.3 is 0 Å². The highest BCUT2D eigenvalue weighted by atomic mass is 79.9. The SMILES string of the molecule is Cc1cc(N=Cc2cc(C)n(-c3cccc(Cl)c3)c2C)ccc1Br. The third kappa shape index (κ3) is 3.47. The Morgan fingerprint density at radius 3 is 2.54 bits per heavy atom. The number of nitrogens with zero attached hydrogens (tertiary/aromatic N) is 2. The van der Waals surface area contributed by atoms with Gasteiger partial charge in [-0.2, -0.15) is 0 Å². The molecule has 0 unspecified atom stereocenters. The zero-order valence-corrected chi connectivity index (χ0v) is 16.2. The van der Waals surface area contributed by atoms with E-state index in [2.05, 4.69) is 64.5 Å². The molecule has 3 aromatic rings. The molecule has 4 heteroatoms. The van der Waals surface area contributed by atoms with E-state index in [1.807, 2.05) is 36.5 Å². The van der Waals surface area contributed by atoms with Crippen LogP contribution < -0.4 is 0 Å². The van der Waals surface area contributed by atoms with Gasteiger partial charge in [0.05, 0.1) is 5.69 Å². The van der Waals surface area contributed by atoms with Crippen molar-refractivity contribution in [3.63, 3.8) is 0 Å². The van der Waals surface area contributed by atoms with Crippen molar-refractivity contribution < 1.29 is 0 Å². The van der Waals surface area contributed by atoms with E-state index in [1.165, 1.54) is 5.56 Å². The van der Waals surface area contributed by atoms with Gasteiger partial charge in [-0.15, -0.1) is 0 Å². The molecule has 0 bridgehead atoms. The largest absolute Gasteiger partial charge is 0.318 e. The Balaban J connectivity index is 1.97. The molecule has 0 aliphatic carbocycles. The first-order chi connectivity index (χ1) is 11.5. The standard InChI is InChI=1S/C20H18BrClN2/c1-13-9-18(7-8-20(13)21)23-12-16-10-14(2)24(15(16)3)19-6-4-5-17(22)11-19/h4-12H,1-3H3. The van der Waals surface area contributed by atoms with Crippen molar-refractivity contribution in [2.24, 2.45) is 4.99 Å². The van der Waals surface area contributed by atoms with E-state index in [0.29, 0.717) is 0 Å². The minimum atomic E-state index is 0.737. The molecular weight excluding hydrogens is 384 g/mol. The Bertz CT molecular complexity index is 925. The molecule has 1 aromatic heterocycles. The maximum absolute atomic E-state index is 6.13. The second kappa shape index (κ2) is 6.96. The quantitative estimate of drug-likeness (QED) is 0.442. The normalized spacial score (nSPS) is 11.4. The first-order valence-corrected chi connectivity index (χ1v) is 8.88. The Morgan fingerprint density at radius 1 is 1.04 bits per heavy atom. The van der Waals surface area contributed by atoms with Crippen LogP contribution in [0.2, 0.25) is 5.02 Å². The number of benzene rings is 2. The minimum Gasteiger partial charge on any atom is -0.318 e. The molecule has 3 rings (SSSR count). The van der Waals surface area contributed by atoms with Crippen LogP contribution in [0.5, 0.6) is 0 Å². The Morgan fingerprint density at radius 2 is 1.83 bits per heavy atom. The van der Waals surface area contributed by atoms with Crippen LogP contribution in [-0.2, 0) is 0 Å². The molecule has 0 atom stereocenters. The van der Waals surface area contributed by atoms with Crippen molar-refractivity contribution in [3.8, 4) is 5.69 Å². The van der Waals surface area contributed by atoms with Crippen LogP contribution in [0.25, 0.3) is 5.69 Å². The highest BCUT2D eigenvalue weighted by Crippen LogP contribution is 2.24. The minimum absolute atomic E-state index is 0.737. The topological polar surface area (TPSA) is 17.3 Å². The van der Waals surface area contributed by atoms with Crippen LogP contribution in [0.1, 0.15) is 22.5 Å². The van der Waals surface area contributed by atoms with Crippen molar-refractivity contribution in [2.75, 3.05) is 0 Å². The fourth-order valence-electron chi connectivity index (χ4n) is 2.78. The number of aliphatic imine (C=N–C) groups is 1. The average molecular weight is 402 g/mol. The molecule has 2 aromatic carbocycles. The number of aromatic nitrogens is 1. The lowest BCUT2D eigenvalue weighted by molar-refractivity contribution is 0.965. The molecule has 0 aliphatic rings. The molecule has 0 fully saturated rings. The lowest BCUT2D eigenvalue weighted by Gasteiger charge is -2.09. The Labute approximate surface area is 155 Å². The Kier molecular flexibility index (Phi) is 4.93. The van der Waals surface area contributed by atoms with E-state index in [0.717, 1.165) is 37.8 Å². The van der Waals surface area contributed by atoms with Crippen molar-refractivity contribution in [3.05, 3.63) is 80.5 Å². The highest BCUT2D eigenvalue weighted by molar-refractivity contribution is 9.10. The second-order valence-corrected chi connectivity index (χ2v) is 7.12. The fraction of sp³-hybridized carbons (Fsp3) is 0.150. The Hall–Kier alpha value is -1.84. The van der Waals surface area contributed by atoms with Crippen LogP contribution in [-0.4, -0.2) is 10.8 Å². The molecular formula is C20H18BrClN2. The molecule has 0 saturated heterocycles. The van der Waals surface area contributed by atoms with Crippen LogP contribution >= 0.6 is 27.5 Å². The number of hydrogen-bond donors (Lipinski definition) is 0. The zero-order valence-electron chi connectivity index (χ0n) is 13.8. The smallest absolute Gasteiger partial charge is 0.0633 e. The van der Waals surface area contributed by atoms with Crippen LogP contribution in [0.4, 0.5) is 5.69 Å². The van der Waals surface area contributed by atoms with Gasteiger partial charge in [0.15, 0.2) is 0 Å². The van der Waals surface area contributed by atoms with Crippen molar-refractivity contribution in [1.29, 1.82) is 0 Å². The van der Waals surface area contributed by atoms with Crippen LogP contribution in [0.3, 0.4) is 0 Å².